The number of aryl methyl sites for hydroxylation is 3. The average molecular weight is 398 g/mol. The summed E-state index contributed by atoms with van der Waals surface area (Å²) < 4.78 is 0. The maximum atomic E-state index is 11.9. The molecule has 0 aliphatic rings. The van der Waals surface area contributed by atoms with Gasteiger partial charge < -0.3 is 4.98 Å². The summed E-state index contributed by atoms with van der Waals surface area (Å²) in [6.45, 7) is 9.10. The highest BCUT2D eigenvalue weighted by Gasteiger charge is 2.19. The number of hydrogen-bond acceptors (Lipinski definition) is 1. The first-order valence-electron chi connectivity index (χ1n) is 12.3. The predicted octanol–water partition coefficient (Wildman–Crippen LogP) is 8.13. The lowest BCUT2D eigenvalue weighted by molar-refractivity contribution is 0.111. The molecule has 2 rings (SSSR count). The van der Waals surface area contributed by atoms with Crippen molar-refractivity contribution in [3.8, 4) is 0 Å². The Hall–Kier alpha value is -1.57. The lowest BCUT2D eigenvalue weighted by Gasteiger charge is -2.18. The molecule has 2 heteroatoms. The van der Waals surface area contributed by atoms with Gasteiger partial charge in [-0.25, -0.2) is 0 Å². The fourth-order valence-electron chi connectivity index (χ4n) is 4.61. The van der Waals surface area contributed by atoms with Crippen LogP contribution in [0.2, 0.25) is 0 Å². The third kappa shape index (κ3) is 6.20. The van der Waals surface area contributed by atoms with E-state index in [-0.39, 0.29) is 0 Å². The number of carbonyl (C=O) groups excluding carboxylic acids is 1. The first kappa shape index (κ1) is 23.7. The number of fused-ring (bicyclic) bond motifs is 1. The van der Waals surface area contributed by atoms with Crippen molar-refractivity contribution in [3.05, 3.63) is 34.0 Å². The Morgan fingerprint density at radius 1 is 0.690 bits per heavy atom. The van der Waals surface area contributed by atoms with Gasteiger partial charge in [-0.3, -0.25) is 4.79 Å². The summed E-state index contributed by atoms with van der Waals surface area (Å²) in [5.41, 5.74) is 8.00. The number of H-pyrrole nitrogens is 1. The maximum absolute atomic E-state index is 11.9. The highest BCUT2D eigenvalue weighted by Crippen LogP contribution is 2.34. The van der Waals surface area contributed by atoms with Gasteiger partial charge in [-0.2, -0.15) is 0 Å². The lowest BCUT2D eigenvalue weighted by Crippen LogP contribution is -2.04. The average Bonchev–Trinajstić information content (AvgIpc) is 3.09. The van der Waals surface area contributed by atoms with E-state index in [1.165, 1.54) is 92.7 Å². The highest BCUT2D eigenvalue weighted by molar-refractivity contribution is 5.95. The topological polar surface area (TPSA) is 32.9 Å². The quantitative estimate of drug-likeness (QED) is 0.239. The Balaban J connectivity index is 2.60. The van der Waals surface area contributed by atoms with Gasteiger partial charge in [0.1, 0.15) is 0 Å². The van der Waals surface area contributed by atoms with E-state index in [2.05, 4.69) is 38.7 Å². The number of aromatic nitrogens is 1. The number of benzene rings is 1. The second-order valence-corrected chi connectivity index (χ2v) is 8.67. The molecule has 0 aliphatic carbocycles. The molecule has 2 aromatic rings. The Morgan fingerprint density at radius 2 is 1.28 bits per heavy atom. The van der Waals surface area contributed by atoms with Crippen LogP contribution in [0.3, 0.4) is 0 Å². The molecule has 0 amide bonds. The molecule has 2 nitrogen and oxygen atoms in total. The van der Waals surface area contributed by atoms with Crippen LogP contribution in [0.25, 0.3) is 10.9 Å². The van der Waals surface area contributed by atoms with Gasteiger partial charge in [0.05, 0.1) is 5.69 Å². The molecule has 1 heterocycles. The van der Waals surface area contributed by atoms with Crippen molar-refractivity contribution >= 4 is 17.2 Å². The lowest BCUT2D eigenvalue weighted by atomic mass is 9.86. The largest absolute Gasteiger partial charge is 0.352 e. The van der Waals surface area contributed by atoms with E-state index in [4.69, 9.17) is 0 Å². The molecule has 0 aliphatic heterocycles. The molecule has 0 saturated carbocycles. The maximum Gasteiger partial charge on any atom is 0.166 e. The van der Waals surface area contributed by atoms with Gasteiger partial charge in [0, 0.05) is 10.9 Å². The van der Waals surface area contributed by atoms with Crippen LogP contribution in [-0.2, 0) is 25.7 Å². The SMILES string of the molecule is CCCCCCc1c(C=O)[nH]c2cc(CCCC)c(CCCC)c(CCCC)c12. The smallest absolute Gasteiger partial charge is 0.166 e. The summed E-state index contributed by atoms with van der Waals surface area (Å²) in [5.74, 6) is 0. The van der Waals surface area contributed by atoms with Crippen molar-refractivity contribution in [1.82, 2.24) is 4.98 Å². The van der Waals surface area contributed by atoms with Crippen LogP contribution in [0.15, 0.2) is 6.07 Å². The summed E-state index contributed by atoms with van der Waals surface area (Å²) in [7, 11) is 0. The number of nitrogens with one attached hydrogen (secondary N) is 1. The summed E-state index contributed by atoms with van der Waals surface area (Å²) in [5, 5.41) is 1.39. The van der Waals surface area contributed by atoms with Crippen LogP contribution in [0.1, 0.15) is 125 Å². The van der Waals surface area contributed by atoms with E-state index >= 15 is 0 Å². The predicted molar refractivity (Wildman–Crippen MR) is 127 cm³/mol. The molecule has 1 aromatic carbocycles. The Labute approximate surface area is 178 Å². The molecular formula is C27H43NO. The molecule has 0 saturated heterocycles. The van der Waals surface area contributed by atoms with Gasteiger partial charge in [0.2, 0.25) is 0 Å². The monoisotopic (exact) mass is 397 g/mol. The van der Waals surface area contributed by atoms with E-state index in [9.17, 15) is 4.79 Å². The Bertz CT molecular complexity index is 756. The zero-order chi connectivity index (χ0) is 21.1. The minimum Gasteiger partial charge on any atom is -0.352 e. The third-order valence-electron chi connectivity index (χ3n) is 6.30. The number of aldehydes is 1. The number of carbonyl (C=O) groups is 1. The van der Waals surface area contributed by atoms with Crippen LogP contribution >= 0.6 is 0 Å². The van der Waals surface area contributed by atoms with Crippen LogP contribution in [0.5, 0.6) is 0 Å². The molecule has 0 unspecified atom stereocenters. The van der Waals surface area contributed by atoms with E-state index in [0.717, 1.165) is 31.2 Å². The van der Waals surface area contributed by atoms with Gasteiger partial charge >= 0.3 is 0 Å². The zero-order valence-electron chi connectivity index (χ0n) is 19.5. The molecule has 29 heavy (non-hydrogen) atoms. The van der Waals surface area contributed by atoms with Crippen LogP contribution in [-0.4, -0.2) is 11.3 Å². The summed E-state index contributed by atoms with van der Waals surface area (Å²) >= 11 is 0. The van der Waals surface area contributed by atoms with Crippen LogP contribution in [0.4, 0.5) is 0 Å². The van der Waals surface area contributed by atoms with Crippen molar-refractivity contribution in [2.24, 2.45) is 0 Å². The minimum atomic E-state index is 0.823. The van der Waals surface area contributed by atoms with Crippen molar-refractivity contribution in [2.45, 2.75) is 118 Å². The van der Waals surface area contributed by atoms with Crippen molar-refractivity contribution in [2.75, 3.05) is 0 Å². The summed E-state index contributed by atoms with van der Waals surface area (Å²) in [6, 6.07) is 2.38. The molecule has 0 fully saturated rings. The van der Waals surface area contributed by atoms with Crippen LogP contribution < -0.4 is 0 Å². The number of aromatic amines is 1. The summed E-state index contributed by atoms with van der Waals surface area (Å²) in [6.07, 6.45) is 17.9. The Morgan fingerprint density at radius 3 is 1.90 bits per heavy atom. The number of rotatable bonds is 15. The highest BCUT2D eigenvalue weighted by atomic mass is 16.1. The fourth-order valence-corrected chi connectivity index (χ4v) is 4.61. The molecule has 0 radical (unpaired) electrons. The molecular weight excluding hydrogens is 354 g/mol. The van der Waals surface area contributed by atoms with Crippen LogP contribution in [0, 0.1) is 0 Å². The number of unbranched alkanes of at least 4 members (excludes halogenated alkanes) is 6. The van der Waals surface area contributed by atoms with E-state index < -0.39 is 0 Å². The number of hydrogen-bond donors (Lipinski definition) is 1. The standard InChI is InChI=1S/C27H43NO/c1-5-9-13-14-18-24-26(20-29)28-25-19-21(15-10-6-2)22(16-11-7-3)23(27(24)25)17-12-8-4/h19-20,28H,5-18H2,1-4H3. The van der Waals surface area contributed by atoms with Gasteiger partial charge in [-0.15, -0.1) is 0 Å². The van der Waals surface area contributed by atoms with E-state index in [1.54, 1.807) is 11.1 Å². The van der Waals surface area contributed by atoms with Crippen molar-refractivity contribution in [1.29, 1.82) is 0 Å². The first-order valence-corrected chi connectivity index (χ1v) is 12.3. The van der Waals surface area contributed by atoms with Gasteiger partial charge in [-0.1, -0.05) is 66.2 Å². The van der Waals surface area contributed by atoms with Crippen molar-refractivity contribution in [3.63, 3.8) is 0 Å². The third-order valence-corrected chi connectivity index (χ3v) is 6.30. The van der Waals surface area contributed by atoms with E-state index in [1.807, 2.05) is 0 Å². The molecule has 0 bridgehead atoms. The van der Waals surface area contributed by atoms with Gasteiger partial charge in [0.25, 0.3) is 0 Å². The van der Waals surface area contributed by atoms with Crippen molar-refractivity contribution < 1.29 is 4.79 Å². The minimum absolute atomic E-state index is 0.823. The van der Waals surface area contributed by atoms with Gasteiger partial charge in [0.15, 0.2) is 6.29 Å². The molecule has 162 valence electrons. The zero-order valence-corrected chi connectivity index (χ0v) is 19.5. The summed E-state index contributed by atoms with van der Waals surface area (Å²) in [4.78, 5) is 15.4. The molecule has 0 atom stereocenters. The molecule has 0 spiro atoms. The van der Waals surface area contributed by atoms with E-state index in [0.29, 0.717) is 0 Å². The normalized spacial score (nSPS) is 11.4. The second kappa shape index (κ2) is 12.9. The molecule has 1 aromatic heterocycles. The second-order valence-electron chi connectivity index (χ2n) is 8.67. The molecule has 1 N–H and O–H groups in total. The Kier molecular flexibility index (Phi) is 10.5. The fraction of sp³-hybridized carbons (Fsp3) is 0.667. The first-order chi connectivity index (χ1) is 14.2. The van der Waals surface area contributed by atoms with Gasteiger partial charge in [-0.05, 0) is 79.7 Å².